The van der Waals surface area contributed by atoms with Crippen molar-refractivity contribution in [2.24, 2.45) is 11.7 Å². The Bertz CT molecular complexity index is 183. The van der Waals surface area contributed by atoms with Gasteiger partial charge in [-0.15, -0.1) is 0 Å². The Hall–Kier alpha value is -0.610. The number of rotatable bonds is 7. The zero-order valence-electron chi connectivity index (χ0n) is 10.2. The average Bonchev–Trinajstić information content (AvgIpc) is 2.21. The number of ether oxygens (including phenoxy) is 1. The first-order chi connectivity index (χ1) is 6.99. The molecule has 0 aliphatic rings. The molecule has 0 aromatic rings. The van der Waals surface area contributed by atoms with E-state index in [4.69, 9.17) is 10.5 Å². The van der Waals surface area contributed by atoms with Crippen LogP contribution in [0.15, 0.2) is 0 Å². The van der Waals surface area contributed by atoms with Crippen LogP contribution < -0.4 is 11.1 Å². The van der Waals surface area contributed by atoms with E-state index in [1.54, 1.807) is 0 Å². The predicted octanol–water partition coefficient (Wildman–Crippen LogP) is 0.901. The normalized spacial score (nSPS) is 15.1. The summed E-state index contributed by atoms with van der Waals surface area (Å²) in [5, 5.41) is 2.76. The quantitative estimate of drug-likeness (QED) is 0.621. The molecule has 0 fully saturated rings. The predicted molar refractivity (Wildman–Crippen MR) is 61.5 cm³/mol. The Morgan fingerprint density at radius 2 is 2.00 bits per heavy atom. The van der Waals surface area contributed by atoms with Crippen molar-refractivity contribution in [1.82, 2.24) is 5.32 Å². The van der Waals surface area contributed by atoms with E-state index in [2.05, 4.69) is 5.32 Å². The van der Waals surface area contributed by atoms with Crippen LogP contribution in [-0.4, -0.2) is 31.2 Å². The second-order valence-corrected chi connectivity index (χ2v) is 4.12. The third kappa shape index (κ3) is 6.47. The molecule has 4 heteroatoms. The smallest absolute Gasteiger partial charge is 0.237 e. The van der Waals surface area contributed by atoms with Crippen molar-refractivity contribution in [3.8, 4) is 0 Å². The number of amides is 1. The second kappa shape index (κ2) is 7.65. The number of nitrogens with two attached hydrogens (primary N) is 1. The lowest BCUT2D eigenvalue weighted by molar-refractivity contribution is -0.123. The summed E-state index contributed by atoms with van der Waals surface area (Å²) in [4.78, 5) is 11.5. The third-order valence-corrected chi connectivity index (χ3v) is 2.41. The first-order valence-electron chi connectivity index (χ1n) is 5.63. The van der Waals surface area contributed by atoms with Crippen LogP contribution in [0.4, 0.5) is 0 Å². The summed E-state index contributed by atoms with van der Waals surface area (Å²) < 4.78 is 5.30. The number of nitrogens with one attached hydrogen (secondary N) is 1. The summed E-state index contributed by atoms with van der Waals surface area (Å²) in [6, 6.07) is -0.408. The molecule has 0 rings (SSSR count). The zero-order valence-corrected chi connectivity index (χ0v) is 10.2. The summed E-state index contributed by atoms with van der Waals surface area (Å²) in [5.41, 5.74) is 5.76. The summed E-state index contributed by atoms with van der Waals surface area (Å²) in [5.74, 6) is 0.132. The lowest BCUT2D eigenvalue weighted by Crippen LogP contribution is -2.45. The van der Waals surface area contributed by atoms with E-state index in [1.807, 2.05) is 27.7 Å². The van der Waals surface area contributed by atoms with Crippen molar-refractivity contribution in [2.75, 3.05) is 13.2 Å². The van der Waals surface area contributed by atoms with Crippen molar-refractivity contribution in [2.45, 2.75) is 46.3 Å². The summed E-state index contributed by atoms with van der Waals surface area (Å²) >= 11 is 0. The minimum atomic E-state index is -0.408. The van der Waals surface area contributed by atoms with Crippen LogP contribution in [0.5, 0.6) is 0 Å². The van der Waals surface area contributed by atoms with Crippen molar-refractivity contribution in [3.63, 3.8) is 0 Å². The molecule has 0 bridgehead atoms. The molecule has 0 aromatic carbocycles. The van der Waals surface area contributed by atoms with Crippen LogP contribution in [0.1, 0.15) is 34.1 Å². The van der Waals surface area contributed by atoms with Crippen molar-refractivity contribution in [3.05, 3.63) is 0 Å². The van der Waals surface area contributed by atoms with E-state index in [1.165, 1.54) is 0 Å². The monoisotopic (exact) mass is 216 g/mol. The molecule has 2 atom stereocenters. The molecule has 0 saturated carbocycles. The summed E-state index contributed by atoms with van der Waals surface area (Å²) in [7, 11) is 0. The summed E-state index contributed by atoms with van der Waals surface area (Å²) in [6.45, 7) is 9.01. The molecule has 4 nitrogen and oxygen atoms in total. The van der Waals surface area contributed by atoms with Gasteiger partial charge in [-0.3, -0.25) is 4.79 Å². The van der Waals surface area contributed by atoms with E-state index in [-0.39, 0.29) is 17.9 Å². The van der Waals surface area contributed by atoms with Crippen LogP contribution in [0.2, 0.25) is 0 Å². The maximum absolute atomic E-state index is 11.5. The van der Waals surface area contributed by atoms with Gasteiger partial charge in [0.1, 0.15) is 0 Å². The zero-order chi connectivity index (χ0) is 11.8. The fourth-order valence-corrected chi connectivity index (χ4v) is 1.10. The second-order valence-electron chi connectivity index (χ2n) is 4.12. The first kappa shape index (κ1) is 14.4. The highest BCUT2D eigenvalue weighted by molar-refractivity contribution is 5.81. The number of carbonyl (C=O) groups excluding carboxylic acids is 1. The SMILES string of the molecule is CCC(C)C(N)C(=O)NCCOC(C)C. The fourth-order valence-electron chi connectivity index (χ4n) is 1.10. The maximum atomic E-state index is 11.5. The molecular weight excluding hydrogens is 192 g/mol. The van der Waals surface area contributed by atoms with Crippen LogP contribution in [0.3, 0.4) is 0 Å². The van der Waals surface area contributed by atoms with Gasteiger partial charge in [0.05, 0.1) is 18.8 Å². The lowest BCUT2D eigenvalue weighted by Gasteiger charge is -2.17. The molecule has 0 spiro atoms. The molecule has 0 radical (unpaired) electrons. The molecule has 15 heavy (non-hydrogen) atoms. The molecule has 0 aliphatic carbocycles. The minimum Gasteiger partial charge on any atom is -0.377 e. The van der Waals surface area contributed by atoms with Crippen LogP contribution in [0, 0.1) is 5.92 Å². The van der Waals surface area contributed by atoms with E-state index < -0.39 is 6.04 Å². The number of hydrogen-bond acceptors (Lipinski definition) is 3. The molecule has 0 aliphatic heterocycles. The molecular formula is C11H24N2O2. The standard InChI is InChI=1S/C11H24N2O2/c1-5-9(4)10(12)11(14)13-6-7-15-8(2)3/h8-10H,5-7,12H2,1-4H3,(H,13,14). The molecule has 0 aromatic heterocycles. The molecule has 2 unspecified atom stereocenters. The molecule has 1 amide bonds. The van der Waals surface area contributed by atoms with Gasteiger partial charge in [-0.1, -0.05) is 20.3 Å². The Morgan fingerprint density at radius 3 is 2.47 bits per heavy atom. The van der Waals surface area contributed by atoms with Gasteiger partial charge in [0.2, 0.25) is 5.91 Å². The van der Waals surface area contributed by atoms with Crippen molar-refractivity contribution >= 4 is 5.91 Å². The minimum absolute atomic E-state index is 0.0864. The number of carbonyl (C=O) groups is 1. The van der Waals surface area contributed by atoms with Gasteiger partial charge in [0.25, 0.3) is 0 Å². The Labute approximate surface area is 92.6 Å². The van der Waals surface area contributed by atoms with Gasteiger partial charge in [-0.25, -0.2) is 0 Å². The van der Waals surface area contributed by atoms with Crippen molar-refractivity contribution in [1.29, 1.82) is 0 Å². The van der Waals surface area contributed by atoms with Gasteiger partial charge >= 0.3 is 0 Å². The lowest BCUT2D eigenvalue weighted by atomic mass is 9.99. The highest BCUT2D eigenvalue weighted by atomic mass is 16.5. The van der Waals surface area contributed by atoms with Gasteiger partial charge in [-0.05, 0) is 19.8 Å². The average molecular weight is 216 g/mol. The molecule has 0 heterocycles. The molecule has 3 N–H and O–H groups in total. The highest BCUT2D eigenvalue weighted by Crippen LogP contribution is 2.04. The van der Waals surface area contributed by atoms with Gasteiger partial charge in [0.15, 0.2) is 0 Å². The van der Waals surface area contributed by atoms with Crippen LogP contribution >= 0.6 is 0 Å². The van der Waals surface area contributed by atoms with Crippen molar-refractivity contribution < 1.29 is 9.53 Å². The number of hydrogen-bond donors (Lipinski definition) is 2. The van der Waals surface area contributed by atoms with Gasteiger partial charge in [0, 0.05) is 6.54 Å². The molecule has 90 valence electrons. The van der Waals surface area contributed by atoms with Gasteiger partial charge in [-0.2, -0.15) is 0 Å². The van der Waals surface area contributed by atoms with E-state index in [0.717, 1.165) is 6.42 Å². The highest BCUT2D eigenvalue weighted by Gasteiger charge is 2.18. The van der Waals surface area contributed by atoms with Crippen LogP contribution in [0.25, 0.3) is 0 Å². The van der Waals surface area contributed by atoms with Gasteiger partial charge < -0.3 is 15.8 Å². The van der Waals surface area contributed by atoms with E-state index >= 15 is 0 Å². The Balaban J connectivity index is 3.65. The topological polar surface area (TPSA) is 64.4 Å². The van der Waals surface area contributed by atoms with E-state index in [9.17, 15) is 4.79 Å². The summed E-state index contributed by atoms with van der Waals surface area (Å²) in [6.07, 6.45) is 1.11. The fraction of sp³-hybridized carbons (Fsp3) is 0.909. The molecule has 0 saturated heterocycles. The Kier molecular flexibility index (Phi) is 7.34. The third-order valence-electron chi connectivity index (χ3n) is 2.41. The van der Waals surface area contributed by atoms with Crippen LogP contribution in [-0.2, 0) is 9.53 Å². The maximum Gasteiger partial charge on any atom is 0.237 e. The first-order valence-corrected chi connectivity index (χ1v) is 5.63. The largest absolute Gasteiger partial charge is 0.377 e. The van der Waals surface area contributed by atoms with E-state index in [0.29, 0.717) is 13.2 Å². The Morgan fingerprint density at radius 1 is 1.40 bits per heavy atom.